The number of likely N-dealkylation sites (tertiary alicyclic amines) is 1. The van der Waals surface area contributed by atoms with Crippen molar-refractivity contribution in [2.45, 2.75) is 13.3 Å². The van der Waals surface area contributed by atoms with Crippen LogP contribution < -0.4 is 0 Å². The molecule has 1 saturated heterocycles. The summed E-state index contributed by atoms with van der Waals surface area (Å²) in [6.45, 7) is 3.85. The molecule has 0 aromatic rings. The van der Waals surface area contributed by atoms with Crippen molar-refractivity contribution in [1.82, 2.24) is 9.80 Å². The molecular formula is C11H14N2O3. The Morgan fingerprint density at radius 2 is 1.88 bits per heavy atom. The summed E-state index contributed by atoms with van der Waals surface area (Å²) >= 11 is 0. The Kier molecular flexibility index (Phi) is 2.77. The molecule has 0 aromatic carbocycles. The molecule has 2 rings (SSSR count). The summed E-state index contributed by atoms with van der Waals surface area (Å²) in [5.41, 5.74) is 0. The van der Waals surface area contributed by atoms with Gasteiger partial charge in [-0.15, -0.1) is 0 Å². The largest absolute Gasteiger partial charge is 0.342 e. The van der Waals surface area contributed by atoms with Gasteiger partial charge in [-0.3, -0.25) is 19.3 Å². The van der Waals surface area contributed by atoms with Crippen molar-refractivity contribution in [2.75, 3.05) is 19.6 Å². The van der Waals surface area contributed by atoms with Crippen molar-refractivity contribution in [1.29, 1.82) is 0 Å². The Hall–Kier alpha value is -1.65. The van der Waals surface area contributed by atoms with E-state index in [9.17, 15) is 14.4 Å². The molecule has 3 amide bonds. The Balaban J connectivity index is 1.77. The van der Waals surface area contributed by atoms with Gasteiger partial charge in [0, 0.05) is 38.2 Å². The van der Waals surface area contributed by atoms with Crippen molar-refractivity contribution in [3.05, 3.63) is 12.2 Å². The van der Waals surface area contributed by atoms with Gasteiger partial charge in [0.05, 0.1) is 0 Å². The predicted molar refractivity (Wildman–Crippen MR) is 56.2 cm³/mol. The molecule has 0 radical (unpaired) electrons. The Bertz CT molecular complexity index is 351. The lowest BCUT2D eigenvalue weighted by molar-refractivity contribution is -0.140. The number of imide groups is 1. The number of carbonyl (C=O) groups is 3. The summed E-state index contributed by atoms with van der Waals surface area (Å²) < 4.78 is 0. The summed E-state index contributed by atoms with van der Waals surface area (Å²) in [6, 6.07) is 0. The maximum atomic E-state index is 11.6. The van der Waals surface area contributed by atoms with Crippen LogP contribution in [0.4, 0.5) is 0 Å². The summed E-state index contributed by atoms with van der Waals surface area (Å²) in [7, 11) is 0. The molecule has 86 valence electrons. The van der Waals surface area contributed by atoms with Gasteiger partial charge in [0.15, 0.2) is 0 Å². The number of carbonyl (C=O) groups excluding carboxylic acids is 3. The van der Waals surface area contributed by atoms with E-state index < -0.39 is 0 Å². The first kappa shape index (κ1) is 10.9. The number of hydrogen-bond donors (Lipinski definition) is 0. The summed E-state index contributed by atoms with van der Waals surface area (Å²) in [5, 5.41) is 0. The molecule has 0 bridgehead atoms. The molecule has 0 saturated carbocycles. The maximum Gasteiger partial charge on any atom is 0.253 e. The van der Waals surface area contributed by atoms with Crippen molar-refractivity contribution in [2.24, 2.45) is 5.92 Å². The van der Waals surface area contributed by atoms with Crippen LogP contribution in [0.5, 0.6) is 0 Å². The first-order chi connectivity index (χ1) is 7.58. The topological polar surface area (TPSA) is 57.7 Å². The van der Waals surface area contributed by atoms with Crippen LogP contribution in [0.2, 0.25) is 0 Å². The molecule has 2 heterocycles. The molecule has 16 heavy (non-hydrogen) atoms. The highest BCUT2D eigenvalue weighted by Crippen LogP contribution is 2.15. The van der Waals surface area contributed by atoms with Crippen LogP contribution in [0.15, 0.2) is 12.2 Å². The van der Waals surface area contributed by atoms with Gasteiger partial charge in [0.2, 0.25) is 5.91 Å². The fraction of sp³-hybridized carbons (Fsp3) is 0.545. The van der Waals surface area contributed by atoms with Crippen LogP contribution in [0.3, 0.4) is 0 Å². The summed E-state index contributed by atoms with van der Waals surface area (Å²) in [6.07, 6.45) is 2.70. The predicted octanol–water partition coefficient (Wildman–Crippen LogP) is -0.220. The van der Waals surface area contributed by atoms with Crippen molar-refractivity contribution < 1.29 is 14.4 Å². The average Bonchev–Trinajstić information content (AvgIpc) is 2.51. The molecule has 0 aliphatic carbocycles. The highest BCUT2D eigenvalue weighted by atomic mass is 16.2. The second-order valence-corrected chi connectivity index (χ2v) is 4.32. The zero-order chi connectivity index (χ0) is 11.7. The van der Waals surface area contributed by atoms with Gasteiger partial charge in [0.25, 0.3) is 11.8 Å². The molecular weight excluding hydrogens is 208 g/mol. The second kappa shape index (κ2) is 4.08. The van der Waals surface area contributed by atoms with Gasteiger partial charge in [-0.1, -0.05) is 6.92 Å². The lowest BCUT2D eigenvalue weighted by Gasteiger charge is -2.37. The molecule has 5 heteroatoms. The first-order valence-corrected chi connectivity index (χ1v) is 5.39. The molecule has 0 N–H and O–H groups in total. The third kappa shape index (κ3) is 1.98. The zero-order valence-electron chi connectivity index (χ0n) is 9.18. The average molecular weight is 222 g/mol. The van der Waals surface area contributed by atoms with Crippen LogP contribution in [-0.4, -0.2) is 47.2 Å². The second-order valence-electron chi connectivity index (χ2n) is 4.32. The van der Waals surface area contributed by atoms with Gasteiger partial charge in [0.1, 0.15) is 0 Å². The van der Waals surface area contributed by atoms with E-state index in [2.05, 4.69) is 6.92 Å². The Labute approximate surface area is 93.7 Å². The lowest BCUT2D eigenvalue weighted by Crippen LogP contribution is -2.49. The fourth-order valence-corrected chi connectivity index (χ4v) is 1.92. The minimum Gasteiger partial charge on any atom is -0.342 e. The molecule has 2 aliphatic rings. The van der Waals surface area contributed by atoms with Crippen LogP contribution >= 0.6 is 0 Å². The third-order valence-corrected chi connectivity index (χ3v) is 2.87. The first-order valence-electron chi connectivity index (χ1n) is 5.39. The Morgan fingerprint density at radius 3 is 2.38 bits per heavy atom. The molecule has 0 spiro atoms. The maximum absolute atomic E-state index is 11.6. The number of rotatable bonds is 3. The molecule has 2 aliphatic heterocycles. The van der Waals surface area contributed by atoms with Crippen LogP contribution in [-0.2, 0) is 14.4 Å². The number of hydrogen-bond acceptors (Lipinski definition) is 3. The minimum absolute atomic E-state index is 0.0191. The van der Waals surface area contributed by atoms with E-state index in [0.29, 0.717) is 5.92 Å². The van der Waals surface area contributed by atoms with Gasteiger partial charge in [-0.05, 0) is 5.92 Å². The van der Waals surface area contributed by atoms with E-state index in [1.54, 1.807) is 4.90 Å². The molecule has 5 nitrogen and oxygen atoms in total. The van der Waals surface area contributed by atoms with E-state index in [1.807, 2.05) is 0 Å². The fourth-order valence-electron chi connectivity index (χ4n) is 1.92. The van der Waals surface area contributed by atoms with Gasteiger partial charge < -0.3 is 4.90 Å². The summed E-state index contributed by atoms with van der Waals surface area (Å²) in [5.74, 6) is -0.0594. The van der Waals surface area contributed by atoms with Crippen molar-refractivity contribution >= 4 is 17.7 Å². The van der Waals surface area contributed by atoms with Crippen LogP contribution in [0.25, 0.3) is 0 Å². The monoisotopic (exact) mass is 222 g/mol. The van der Waals surface area contributed by atoms with Gasteiger partial charge in [-0.25, -0.2) is 0 Å². The van der Waals surface area contributed by atoms with Gasteiger partial charge in [-0.2, -0.15) is 0 Å². The van der Waals surface area contributed by atoms with Gasteiger partial charge >= 0.3 is 0 Å². The van der Waals surface area contributed by atoms with Crippen molar-refractivity contribution in [3.63, 3.8) is 0 Å². The third-order valence-electron chi connectivity index (χ3n) is 2.87. The SMILES string of the molecule is CC1CN(C(=O)CCN2C(=O)C=CC2=O)C1. The van der Waals surface area contributed by atoms with E-state index in [-0.39, 0.29) is 30.7 Å². The standard InChI is InChI=1S/C11H14N2O3/c1-8-6-12(7-8)9(14)4-5-13-10(15)2-3-11(13)16/h2-3,8H,4-7H2,1H3. The zero-order valence-corrected chi connectivity index (χ0v) is 9.18. The molecule has 1 fully saturated rings. The van der Waals surface area contributed by atoms with E-state index >= 15 is 0 Å². The number of nitrogens with zero attached hydrogens (tertiary/aromatic N) is 2. The number of amides is 3. The smallest absolute Gasteiger partial charge is 0.253 e. The summed E-state index contributed by atoms with van der Waals surface area (Å²) in [4.78, 5) is 36.8. The normalized spacial score (nSPS) is 20.6. The van der Waals surface area contributed by atoms with E-state index in [1.165, 1.54) is 12.2 Å². The van der Waals surface area contributed by atoms with Crippen LogP contribution in [0.1, 0.15) is 13.3 Å². The van der Waals surface area contributed by atoms with E-state index in [4.69, 9.17) is 0 Å². The quantitative estimate of drug-likeness (QED) is 0.620. The lowest BCUT2D eigenvalue weighted by atomic mass is 10.0. The highest BCUT2D eigenvalue weighted by Gasteiger charge is 2.29. The molecule has 0 aromatic heterocycles. The van der Waals surface area contributed by atoms with E-state index in [0.717, 1.165) is 18.0 Å². The molecule has 0 unspecified atom stereocenters. The van der Waals surface area contributed by atoms with Crippen LogP contribution in [0, 0.1) is 5.92 Å². The minimum atomic E-state index is -0.324. The Morgan fingerprint density at radius 1 is 1.31 bits per heavy atom. The highest BCUT2D eigenvalue weighted by molar-refractivity contribution is 6.13. The van der Waals surface area contributed by atoms with Crippen molar-refractivity contribution in [3.8, 4) is 0 Å². The molecule has 0 atom stereocenters.